The van der Waals surface area contributed by atoms with Crippen molar-refractivity contribution in [2.24, 2.45) is 0 Å². The van der Waals surface area contributed by atoms with Crippen molar-refractivity contribution < 1.29 is 4.21 Å². The summed E-state index contributed by atoms with van der Waals surface area (Å²) in [6.45, 7) is 4.39. The summed E-state index contributed by atoms with van der Waals surface area (Å²) in [7, 11) is -0.605. The summed E-state index contributed by atoms with van der Waals surface area (Å²) in [5.74, 6) is 2.51. The highest BCUT2D eigenvalue weighted by Gasteiger charge is 2.20. The molecule has 1 N–H and O–H groups in total. The molecule has 0 radical (unpaired) electrons. The van der Waals surface area contributed by atoms with Crippen molar-refractivity contribution in [3.05, 3.63) is 25.0 Å². The van der Waals surface area contributed by atoms with Crippen LogP contribution in [0.15, 0.2) is 25.0 Å². The summed E-state index contributed by atoms with van der Waals surface area (Å²) in [4.78, 5) is 4.28. The van der Waals surface area contributed by atoms with Gasteiger partial charge in [-0.05, 0) is 12.8 Å². The highest BCUT2D eigenvalue weighted by Crippen LogP contribution is 2.25. The lowest BCUT2D eigenvalue weighted by Crippen LogP contribution is -2.22. The lowest BCUT2D eigenvalue weighted by molar-refractivity contribution is 0.466. The quantitative estimate of drug-likeness (QED) is 0.811. The molecule has 0 atom stereocenters. The summed E-state index contributed by atoms with van der Waals surface area (Å²) in [5.41, 5.74) is 0. The van der Waals surface area contributed by atoms with Crippen molar-refractivity contribution in [1.29, 1.82) is 0 Å². The van der Waals surface area contributed by atoms with Gasteiger partial charge in [0.25, 0.3) is 0 Å². The van der Waals surface area contributed by atoms with E-state index in [4.69, 9.17) is 0 Å². The maximum absolute atomic E-state index is 11.3. The number of aromatic nitrogens is 2. The van der Waals surface area contributed by atoms with Gasteiger partial charge in [-0.1, -0.05) is 6.08 Å². The van der Waals surface area contributed by atoms with Gasteiger partial charge < -0.3 is 9.88 Å². The van der Waals surface area contributed by atoms with Crippen LogP contribution in [0.25, 0.3) is 0 Å². The third kappa shape index (κ3) is 2.52. The zero-order chi connectivity index (χ0) is 11.4. The van der Waals surface area contributed by atoms with E-state index in [1.165, 1.54) is 0 Å². The second-order valence-electron chi connectivity index (χ2n) is 3.91. The largest absolute Gasteiger partial charge is 0.352 e. The molecule has 0 saturated carbocycles. The SMILES string of the molecule is C=CCNc1nccn1C1CCS(=O)CC1. The Morgan fingerprint density at radius 1 is 1.62 bits per heavy atom. The minimum Gasteiger partial charge on any atom is -0.352 e. The van der Waals surface area contributed by atoms with Crippen molar-refractivity contribution in [1.82, 2.24) is 9.55 Å². The summed E-state index contributed by atoms with van der Waals surface area (Å²) in [5, 5.41) is 3.21. The molecule has 16 heavy (non-hydrogen) atoms. The molecule has 0 bridgehead atoms. The topological polar surface area (TPSA) is 46.9 Å². The van der Waals surface area contributed by atoms with Crippen molar-refractivity contribution in [2.45, 2.75) is 18.9 Å². The fourth-order valence-electron chi connectivity index (χ4n) is 1.97. The van der Waals surface area contributed by atoms with Gasteiger partial charge in [-0.3, -0.25) is 4.21 Å². The zero-order valence-electron chi connectivity index (χ0n) is 9.26. The first kappa shape index (κ1) is 11.4. The van der Waals surface area contributed by atoms with Gasteiger partial charge in [0, 0.05) is 47.3 Å². The summed E-state index contributed by atoms with van der Waals surface area (Å²) in [6, 6.07) is 0.438. The van der Waals surface area contributed by atoms with E-state index in [-0.39, 0.29) is 0 Å². The third-order valence-corrected chi connectivity index (χ3v) is 4.21. The average Bonchev–Trinajstić information content (AvgIpc) is 2.75. The van der Waals surface area contributed by atoms with Crippen LogP contribution in [0, 0.1) is 0 Å². The van der Waals surface area contributed by atoms with Crippen LogP contribution in [0.3, 0.4) is 0 Å². The van der Waals surface area contributed by atoms with Gasteiger partial charge in [-0.15, -0.1) is 6.58 Å². The molecular formula is C11H17N3OS. The molecule has 0 spiro atoms. The monoisotopic (exact) mass is 239 g/mol. The lowest BCUT2D eigenvalue weighted by atomic mass is 10.1. The first-order chi connectivity index (χ1) is 7.81. The Labute approximate surface area is 98.2 Å². The molecule has 1 fully saturated rings. The molecule has 1 aromatic rings. The van der Waals surface area contributed by atoms with Crippen molar-refractivity contribution >= 4 is 16.7 Å². The molecule has 1 aromatic heterocycles. The Morgan fingerprint density at radius 3 is 3.06 bits per heavy atom. The van der Waals surface area contributed by atoms with E-state index in [0.29, 0.717) is 6.04 Å². The lowest BCUT2D eigenvalue weighted by Gasteiger charge is -2.24. The number of imidazole rings is 1. The number of hydrogen-bond acceptors (Lipinski definition) is 3. The van der Waals surface area contributed by atoms with E-state index in [2.05, 4.69) is 21.4 Å². The van der Waals surface area contributed by atoms with Gasteiger partial charge in [0.15, 0.2) is 0 Å². The van der Waals surface area contributed by atoms with Crippen LogP contribution >= 0.6 is 0 Å². The van der Waals surface area contributed by atoms with E-state index in [0.717, 1.165) is 36.8 Å². The molecule has 1 aliphatic heterocycles. The molecule has 2 rings (SSSR count). The van der Waals surface area contributed by atoms with Gasteiger partial charge >= 0.3 is 0 Å². The molecule has 4 nitrogen and oxygen atoms in total. The number of hydrogen-bond donors (Lipinski definition) is 1. The molecule has 0 aliphatic carbocycles. The minimum absolute atomic E-state index is 0.438. The Balaban J connectivity index is 2.05. The van der Waals surface area contributed by atoms with Crippen LogP contribution in [0.2, 0.25) is 0 Å². The van der Waals surface area contributed by atoms with Crippen molar-refractivity contribution in [3.63, 3.8) is 0 Å². The molecule has 0 aromatic carbocycles. The third-order valence-electron chi connectivity index (χ3n) is 2.82. The first-order valence-electron chi connectivity index (χ1n) is 5.54. The zero-order valence-corrected chi connectivity index (χ0v) is 10.1. The highest BCUT2D eigenvalue weighted by molar-refractivity contribution is 7.85. The molecule has 1 aliphatic rings. The second-order valence-corrected chi connectivity index (χ2v) is 5.60. The van der Waals surface area contributed by atoms with Crippen LogP contribution in [-0.4, -0.2) is 31.8 Å². The molecule has 88 valence electrons. The first-order valence-corrected chi connectivity index (χ1v) is 7.02. The van der Waals surface area contributed by atoms with Gasteiger partial charge in [-0.25, -0.2) is 4.98 Å². The number of rotatable bonds is 4. The second kappa shape index (κ2) is 5.30. The fourth-order valence-corrected chi connectivity index (χ4v) is 3.24. The standard InChI is InChI=1S/C11H17N3OS/c1-2-5-12-11-13-6-7-14(11)10-3-8-16(15)9-4-10/h2,6-7,10H,1,3-5,8-9H2,(H,12,13). The summed E-state index contributed by atoms with van der Waals surface area (Å²) >= 11 is 0. The predicted octanol–water partition coefficient (Wildman–Crippen LogP) is 1.56. The van der Waals surface area contributed by atoms with Crippen LogP contribution in [0.5, 0.6) is 0 Å². The average molecular weight is 239 g/mol. The van der Waals surface area contributed by atoms with Gasteiger partial charge in [-0.2, -0.15) is 0 Å². The number of nitrogens with one attached hydrogen (secondary N) is 1. The maximum Gasteiger partial charge on any atom is 0.203 e. The normalized spacial score (nSPS) is 25.2. The van der Waals surface area contributed by atoms with E-state index in [1.807, 2.05) is 12.3 Å². The van der Waals surface area contributed by atoms with Crippen LogP contribution < -0.4 is 5.32 Å². The maximum atomic E-state index is 11.3. The molecule has 5 heteroatoms. The Kier molecular flexibility index (Phi) is 3.77. The van der Waals surface area contributed by atoms with Crippen molar-refractivity contribution in [3.8, 4) is 0 Å². The van der Waals surface area contributed by atoms with E-state index in [1.54, 1.807) is 6.20 Å². The van der Waals surface area contributed by atoms with E-state index >= 15 is 0 Å². The highest BCUT2D eigenvalue weighted by atomic mass is 32.2. The summed E-state index contributed by atoms with van der Waals surface area (Å²) < 4.78 is 13.4. The van der Waals surface area contributed by atoms with Crippen molar-refractivity contribution in [2.75, 3.05) is 23.4 Å². The molecule has 0 amide bonds. The Morgan fingerprint density at radius 2 is 2.38 bits per heavy atom. The van der Waals surface area contributed by atoms with Crippen LogP contribution in [0.4, 0.5) is 5.95 Å². The van der Waals surface area contributed by atoms with Crippen LogP contribution in [0.1, 0.15) is 18.9 Å². The minimum atomic E-state index is -0.605. The summed E-state index contributed by atoms with van der Waals surface area (Å²) in [6.07, 6.45) is 7.56. The molecule has 0 unspecified atom stereocenters. The predicted molar refractivity (Wildman–Crippen MR) is 67.1 cm³/mol. The molecule has 1 saturated heterocycles. The van der Waals surface area contributed by atoms with E-state index in [9.17, 15) is 4.21 Å². The molecular weight excluding hydrogens is 222 g/mol. The number of anilines is 1. The Bertz CT molecular complexity index is 378. The smallest absolute Gasteiger partial charge is 0.203 e. The van der Waals surface area contributed by atoms with Gasteiger partial charge in [0.2, 0.25) is 5.95 Å². The van der Waals surface area contributed by atoms with E-state index < -0.39 is 10.8 Å². The number of nitrogens with zero attached hydrogens (tertiary/aromatic N) is 2. The van der Waals surface area contributed by atoms with Gasteiger partial charge in [0.05, 0.1) is 0 Å². The molecule has 2 heterocycles. The van der Waals surface area contributed by atoms with Crippen LogP contribution in [-0.2, 0) is 10.8 Å². The Hall–Kier alpha value is -1.10. The van der Waals surface area contributed by atoms with Gasteiger partial charge in [0.1, 0.15) is 0 Å². The fraction of sp³-hybridized carbons (Fsp3) is 0.545.